The summed E-state index contributed by atoms with van der Waals surface area (Å²) in [6.45, 7) is 4.08. The molecule has 0 aliphatic carbocycles. The molecule has 0 unspecified atom stereocenters. The summed E-state index contributed by atoms with van der Waals surface area (Å²) in [5.74, 6) is -0.313. The van der Waals surface area contributed by atoms with Crippen molar-refractivity contribution in [3.05, 3.63) is 41.0 Å². The predicted octanol–water partition coefficient (Wildman–Crippen LogP) is 1.71. The standard InChI is InChI=1S/C13H15N3O3/c1-8-12(9(2)16(3)15-8)19-7-10-4-5-14-11(6-10)13(17)18/h4-6H,7H2,1-3H3,(H,17,18). The number of carboxylic acid groups (broad SMARTS) is 1. The van der Waals surface area contributed by atoms with Crippen LogP contribution in [0.1, 0.15) is 27.4 Å². The third-order valence-electron chi connectivity index (χ3n) is 2.87. The number of carboxylic acids is 1. The summed E-state index contributed by atoms with van der Waals surface area (Å²) in [6, 6.07) is 3.23. The van der Waals surface area contributed by atoms with Crippen LogP contribution in [-0.2, 0) is 13.7 Å². The van der Waals surface area contributed by atoms with E-state index in [0.717, 1.165) is 22.7 Å². The third kappa shape index (κ3) is 2.73. The minimum absolute atomic E-state index is 0.0146. The smallest absolute Gasteiger partial charge is 0.354 e. The maximum Gasteiger partial charge on any atom is 0.354 e. The van der Waals surface area contributed by atoms with E-state index in [2.05, 4.69) is 10.1 Å². The number of pyridine rings is 1. The maximum absolute atomic E-state index is 10.8. The van der Waals surface area contributed by atoms with Gasteiger partial charge >= 0.3 is 5.97 Å². The molecule has 0 aliphatic rings. The first-order valence-electron chi connectivity index (χ1n) is 5.80. The summed E-state index contributed by atoms with van der Waals surface area (Å²) in [4.78, 5) is 14.6. The van der Waals surface area contributed by atoms with E-state index in [1.165, 1.54) is 12.3 Å². The Labute approximate surface area is 110 Å². The van der Waals surface area contributed by atoms with Gasteiger partial charge < -0.3 is 9.84 Å². The van der Waals surface area contributed by atoms with E-state index >= 15 is 0 Å². The van der Waals surface area contributed by atoms with Crippen LogP contribution >= 0.6 is 0 Å². The van der Waals surface area contributed by atoms with Gasteiger partial charge in [0.1, 0.15) is 18.0 Å². The van der Waals surface area contributed by atoms with Crippen molar-refractivity contribution >= 4 is 5.97 Å². The van der Waals surface area contributed by atoms with Crippen molar-refractivity contribution in [3.63, 3.8) is 0 Å². The lowest BCUT2D eigenvalue weighted by Crippen LogP contribution is -2.03. The highest BCUT2D eigenvalue weighted by molar-refractivity contribution is 5.85. The average Bonchev–Trinajstić information content (AvgIpc) is 2.61. The summed E-state index contributed by atoms with van der Waals surface area (Å²) in [6.07, 6.45) is 1.46. The molecule has 0 radical (unpaired) electrons. The van der Waals surface area contributed by atoms with Gasteiger partial charge in [0.2, 0.25) is 0 Å². The highest BCUT2D eigenvalue weighted by atomic mass is 16.5. The predicted molar refractivity (Wildman–Crippen MR) is 68.2 cm³/mol. The van der Waals surface area contributed by atoms with Crippen LogP contribution in [0, 0.1) is 13.8 Å². The minimum atomic E-state index is -1.05. The van der Waals surface area contributed by atoms with E-state index < -0.39 is 5.97 Å². The Morgan fingerprint density at radius 1 is 1.47 bits per heavy atom. The van der Waals surface area contributed by atoms with Crippen LogP contribution < -0.4 is 4.74 Å². The second kappa shape index (κ2) is 5.09. The normalized spacial score (nSPS) is 10.5. The summed E-state index contributed by atoms with van der Waals surface area (Å²) in [5.41, 5.74) is 2.52. The molecule has 0 saturated carbocycles. The molecule has 2 aromatic rings. The number of hydrogen-bond donors (Lipinski definition) is 1. The topological polar surface area (TPSA) is 77.2 Å². The molecule has 0 spiro atoms. The van der Waals surface area contributed by atoms with Gasteiger partial charge in [0, 0.05) is 13.2 Å². The number of rotatable bonds is 4. The molecule has 2 rings (SSSR count). The van der Waals surface area contributed by atoms with Crippen LogP contribution in [0.3, 0.4) is 0 Å². The molecule has 0 saturated heterocycles. The van der Waals surface area contributed by atoms with E-state index in [9.17, 15) is 4.79 Å². The molecule has 0 aromatic carbocycles. The van der Waals surface area contributed by atoms with Crippen molar-refractivity contribution in [1.29, 1.82) is 0 Å². The van der Waals surface area contributed by atoms with Gasteiger partial charge in [-0.05, 0) is 31.5 Å². The molecule has 2 heterocycles. The fourth-order valence-corrected chi connectivity index (χ4v) is 1.80. The van der Waals surface area contributed by atoms with Gasteiger partial charge in [-0.25, -0.2) is 9.78 Å². The molecule has 0 amide bonds. The van der Waals surface area contributed by atoms with Crippen molar-refractivity contribution in [2.24, 2.45) is 7.05 Å². The van der Waals surface area contributed by atoms with Crippen molar-refractivity contribution in [2.45, 2.75) is 20.5 Å². The molecular weight excluding hydrogens is 246 g/mol. The Morgan fingerprint density at radius 3 is 2.79 bits per heavy atom. The molecule has 2 aromatic heterocycles. The van der Waals surface area contributed by atoms with Crippen LogP contribution in [0.15, 0.2) is 18.3 Å². The zero-order chi connectivity index (χ0) is 14.0. The number of carbonyl (C=O) groups is 1. The molecule has 100 valence electrons. The number of hydrogen-bond acceptors (Lipinski definition) is 4. The largest absolute Gasteiger partial charge is 0.485 e. The average molecular weight is 261 g/mol. The lowest BCUT2D eigenvalue weighted by atomic mass is 10.2. The van der Waals surface area contributed by atoms with Crippen LogP contribution in [-0.4, -0.2) is 25.8 Å². The number of aromatic carboxylic acids is 1. The first kappa shape index (κ1) is 13.1. The Morgan fingerprint density at radius 2 is 2.21 bits per heavy atom. The number of ether oxygens (including phenoxy) is 1. The van der Waals surface area contributed by atoms with Gasteiger partial charge in [-0.1, -0.05) is 0 Å². The van der Waals surface area contributed by atoms with Crippen LogP contribution in [0.25, 0.3) is 0 Å². The monoisotopic (exact) mass is 261 g/mol. The van der Waals surface area contributed by atoms with E-state index in [4.69, 9.17) is 9.84 Å². The van der Waals surface area contributed by atoms with Gasteiger partial charge in [-0.2, -0.15) is 5.10 Å². The Hall–Kier alpha value is -2.37. The second-order valence-corrected chi connectivity index (χ2v) is 4.27. The zero-order valence-corrected chi connectivity index (χ0v) is 11.0. The van der Waals surface area contributed by atoms with Crippen molar-refractivity contribution in [1.82, 2.24) is 14.8 Å². The van der Waals surface area contributed by atoms with Gasteiger partial charge in [0.15, 0.2) is 5.75 Å². The highest BCUT2D eigenvalue weighted by Crippen LogP contribution is 2.22. The van der Waals surface area contributed by atoms with Gasteiger partial charge in [0.25, 0.3) is 0 Å². The van der Waals surface area contributed by atoms with E-state index in [1.54, 1.807) is 10.7 Å². The summed E-state index contributed by atoms with van der Waals surface area (Å²) < 4.78 is 7.46. The SMILES string of the molecule is Cc1nn(C)c(C)c1OCc1ccnc(C(=O)O)c1. The van der Waals surface area contributed by atoms with Crippen molar-refractivity contribution in [2.75, 3.05) is 0 Å². The van der Waals surface area contributed by atoms with E-state index in [0.29, 0.717) is 0 Å². The highest BCUT2D eigenvalue weighted by Gasteiger charge is 2.11. The molecule has 0 atom stereocenters. The number of aromatic nitrogens is 3. The number of nitrogens with zero attached hydrogens (tertiary/aromatic N) is 3. The van der Waals surface area contributed by atoms with Crippen molar-refractivity contribution in [3.8, 4) is 5.75 Å². The maximum atomic E-state index is 10.8. The first-order chi connectivity index (χ1) is 8.99. The molecule has 6 heteroatoms. The summed E-state index contributed by atoms with van der Waals surface area (Å²) >= 11 is 0. The molecular formula is C13H15N3O3. The Balaban J connectivity index is 2.14. The fraction of sp³-hybridized carbons (Fsp3) is 0.308. The van der Waals surface area contributed by atoms with Crippen LogP contribution in [0.5, 0.6) is 5.75 Å². The zero-order valence-electron chi connectivity index (χ0n) is 11.0. The molecule has 0 aliphatic heterocycles. The molecule has 0 fully saturated rings. The Bertz CT molecular complexity index is 620. The Kier molecular flexibility index (Phi) is 3.50. The number of aryl methyl sites for hydroxylation is 2. The molecule has 1 N–H and O–H groups in total. The van der Waals surface area contributed by atoms with Gasteiger partial charge in [-0.15, -0.1) is 0 Å². The first-order valence-corrected chi connectivity index (χ1v) is 5.80. The minimum Gasteiger partial charge on any atom is -0.485 e. The summed E-state index contributed by atoms with van der Waals surface area (Å²) in [5, 5.41) is 13.1. The molecule has 6 nitrogen and oxygen atoms in total. The van der Waals surface area contributed by atoms with E-state index in [1.807, 2.05) is 20.9 Å². The quantitative estimate of drug-likeness (QED) is 0.906. The lowest BCUT2D eigenvalue weighted by molar-refractivity contribution is 0.0690. The lowest BCUT2D eigenvalue weighted by Gasteiger charge is -2.07. The van der Waals surface area contributed by atoms with E-state index in [-0.39, 0.29) is 12.3 Å². The fourth-order valence-electron chi connectivity index (χ4n) is 1.80. The third-order valence-corrected chi connectivity index (χ3v) is 2.87. The summed E-state index contributed by atoms with van der Waals surface area (Å²) in [7, 11) is 1.85. The van der Waals surface area contributed by atoms with Gasteiger partial charge in [-0.3, -0.25) is 4.68 Å². The second-order valence-electron chi connectivity index (χ2n) is 4.27. The molecule has 19 heavy (non-hydrogen) atoms. The van der Waals surface area contributed by atoms with Gasteiger partial charge in [0.05, 0.1) is 5.69 Å². The van der Waals surface area contributed by atoms with Crippen LogP contribution in [0.2, 0.25) is 0 Å². The van der Waals surface area contributed by atoms with Crippen molar-refractivity contribution < 1.29 is 14.6 Å². The van der Waals surface area contributed by atoms with Crippen LogP contribution in [0.4, 0.5) is 0 Å². The molecule has 0 bridgehead atoms.